The fourth-order valence-electron chi connectivity index (χ4n) is 10.5. The summed E-state index contributed by atoms with van der Waals surface area (Å²) in [4.78, 5) is 23.4. The van der Waals surface area contributed by atoms with Gasteiger partial charge >= 0.3 is 7.82 Å². The van der Waals surface area contributed by atoms with Crippen molar-refractivity contribution >= 4 is 13.7 Å². The van der Waals surface area contributed by atoms with E-state index in [9.17, 15) is 19.4 Å². The SMILES string of the molecule is CC/C=C\C/C=C\C/C=C\C/C=C\CCCCCCCCCCCCCCCCCCCCC(=O)NC(COP(=O)(O)OCC[N+](C)(C)C)C(O)/C=C/CC/C=C/CCCCCCCCCCCCCCCCCCCCCCCCC. The lowest BCUT2D eigenvalue weighted by Crippen LogP contribution is -2.45. The summed E-state index contributed by atoms with van der Waals surface area (Å²) in [6.07, 6.45) is 89.2. The first-order chi connectivity index (χ1) is 40.0. The number of aliphatic hydroxyl groups is 1. The molecule has 1 amide bonds. The fourth-order valence-corrected chi connectivity index (χ4v) is 11.2. The number of carbonyl (C=O) groups is 1. The van der Waals surface area contributed by atoms with Gasteiger partial charge in [0.25, 0.3) is 0 Å². The van der Waals surface area contributed by atoms with Crippen LogP contribution in [0.5, 0.6) is 0 Å². The largest absolute Gasteiger partial charge is 0.472 e. The number of amides is 1. The molecule has 9 heteroatoms. The molecule has 0 rings (SSSR count). The average molecular weight is 1170 g/mol. The summed E-state index contributed by atoms with van der Waals surface area (Å²) in [6.45, 7) is 4.73. The second-order valence-electron chi connectivity index (χ2n) is 25.2. The number of hydrogen-bond donors (Lipinski definition) is 3. The van der Waals surface area contributed by atoms with Crippen molar-refractivity contribution in [2.45, 2.75) is 347 Å². The number of rotatable bonds is 65. The van der Waals surface area contributed by atoms with E-state index < -0.39 is 20.0 Å². The van der Waals surface area contributed by atoms with Gasteiger partial charge in [-0.3, -0.25) is 13.8 Å². The number of nitrogens with zero attached hydrogens (tertiary/aromatic N) is 1. The van der Waals surface area contributed by atoms with Gasteiger partial charge in [-0.1, -0.05) is 331 Å². The maximum Gasteiger partial charge on any atom is 0.472 e. The van der Waals surface area contributed by atoms with Gasteiger partial charge in [-0.25, -0.2) is 4.57 Å². The van der Waals surface area contributed by atoms with Gasteiger partial charge < -0.3 is 19.8 Å². The smallest absolute Gasteiger partial charge is 0.387 e. The van der Waals surface area contributed by atoms with Crippen LogP contribution in [-0.2, 0) is 18.4 Å². The third-order valence-corrected chi connectivity index (χ3v) is 16.9. The minimum Gasteiger partial charge on any atom is -0.387 e. The summed E-state index contributed by atoms with van der Waals surface area (Å²) in [5.41, 5.74) is 0. The van der Waals surface area contributed by atoms with Gasteiger partial charge in [0.15, 0.2) is 0 Å². The highest BCUT2D eigenvalue weighted by Gasteiger charge is 2.28. The Morgan fingerprint density at radius 3 is 1.12 bits per heavy atom. The maximum atomic E-state index is 13.1. The van der Waals surface area contributed by atoms with E-state index in [4.69, 9.17) is 9.05 Å². The van der Waals surface area contributed by atoms with Crippen molar-refractivity contribution < 1.29 is 32.9 Å². The number of likely N-dealkylation sites (N-methyl/N-ethyl adjacent to an activating group) is 1. The average Bonchev–Trinajstić information content (AvgIpc) is 3.47. The van der Waals surface area contributed by atoms with Gasteiger partial charge in [0.1, 0.15) is 13.2 Å². The molecule has 480 valence electrons. The summed E-state index contributed by atoms with van der Waals surface area (Å²) in [6, 6.07) is -0.867. The molecule has 0 bridgehead atoms. The summed E-state index contributed by atoms with van der Waals surface area (Å²) < 4.78 is 23.8. The Hall–Kier alpha value is -2.06. The van der Waals surface area contributed by atoms with Gasteiger partial charge in [-0.05, 0) is 70.6 Å². The minimum atomic E-state index is -4.36. The van der Waals surface area contributed by atoms with E-state index in [2.05, 4.69) is 79.9 Å². The van der Waals surface area contributed by atoms with Crippen LogP contribution in [0.15, 0.2) is 72.9 Å². The normalized spacial score (nSPS) is 14.1. The van der Waals surface area contributed by atoms with Crippen molar-refractivity contribution in [2.75, 3.05) is 40.9 Å². The minimum absolute atomic E-state index is 0.0556. The summed E-state index contributed by atoms with van der Waals surface area (Å²) in [5.74, 6) is -0.183. The third kappa shape index (κ3) is 65.5. The Balaban J connectivity index is 4.08. The number of carbonyl (C=O) groups excluding carboxylic acids is 1. The molecule has 3 atom stereocenters. The number of hydrogen-bond acceptors (Lipinski definition) is 5. The number of allylic oxidation sites excluding steroid dienone is 11. The topological polar surface area (TPSA) is 105 Å². The number of phosphoric acid groups is 1. The molecule has 0 aliphatic heterocycles. The highest BCUT2D eigenvalue weighted by Crippen LogP contribution is 2.43. The van der Waals surface area contributed by atoms with Crippen LogP contribution in [0.25, 0.3) is 0 Å². The van der Waals surface area contributed by atoms with E-state index in [-0.39, 0.29) is 19.1 Å². The van der Waals surface area contributed by atoms with Crippen LogP contribution in [0.2, 0.25) is 0 Å². The zero-order valence-corrected chi connectivity index (χ0v) is 55.9. The predicted octanol–water partition coefficient (Wildman–Crippen LogP) is 22.6. The maximum absolute atomic E-state index is 13.1. The molecule has 3 N–H and O–H groups in total. The molecule has 3 unspecified atom stereocenters. The Morgan fingerprint density at radius 1 is 0.427 bits per heavy atom. The zero-order valence-electron chi connectivity index (χ0n) is 55.0. The Labute approximate surface area is 510 Å². The lowest BCUT2D eigenvalue weighted by Gasteiger charge is -2.25. The van der Waals surface area contributed by atoms with Crippen molar-refractivity contribution in [1.82, 2.24) is 5.32 Å². The Morgan fingerprint density at radius 2 is 0.744 bits per heavy atom. The van der Waals surface area contributed by atoms with E-state index in [0.29, 0.717) is 17.4 Å². The van der Waals surface area contributed by atoms with Crippen LogP contribution < -0.4 is 5.32 Å². The van der Waals surface area contributed by atoms with E-state index in [0.717, 1.165) is 64.2 Å². The van der Waals surface area contributed by atoms with Gasteiger partial charge in [0.05, 0.1) is 39.9 Å². The van der Waals surface area contributed by atoms with E-state index in [1.807, 2.05) is 27.2 Å². The van der Waals surface area contributed by atoms with E-state index >= 15 is 0 Å². The lowest BCUT2D eigenvalue weighted by atomic mass is 10.0. The fraction of sp³-hybridized carbons (Fsp3) is 0.822. The van der Waals surface area contributed by atoms with Crippen molar-refractivity contribution in [2.24, 2.45) is 0 Å². The van der Waals surface area contributed by atoms with Crippen molar-refractivity contribution in [3.63, 3.8) is 0 Å². The van der Waals surface area contributed by atoms with E-state index in [1.165, 1.54) is 250 Å². The highest BCUT2D eigenvalue weighted by molar-refractivity contribution is 7.47. The zero-order chi connectivity index (χ0) is 59.8. The first-order valence-electron chi connectivity index (χ1n) is 35.3. The second kappa shape index (κ2) is 63.4. The van der Waals surface area contributed by atoms with Crippen molar-refractivity contribution in [1.29, 1.82) is 0 Å². The number of aliphatic hydroxyl groups excluding tert-OH is 1. The van der Waals surface area contributed by atoms with E-state index in [1.54, 1.807) is 6.08 Å². The predicted molar refractivity (Wildman–Crippen MR) is 360 cm³/mol. The summed E-state index contributed by atoms with van der Waals surface area (Å²) in [5, 5.41) is 14.0. The van der Waals surface area contributed by atoms with Crippen molar-refractivity contribution in [3.8, 4) is 0 Å². The molecule has 0 radical (unpaired) electrons. The van der Waals surface area contributed by atoms with Crippen molar-refractivity contribution in [3.05, 3.63) is 72.9 Å². The molecule has 0 fully saturated rings. The second-order valence-corrected chi connectivity index (χ2v) is 26.7. The van der Waals surface area contributed by atoms with Gasteiger partial charge in [-0.15, -0.1) is 0 Å². The summed E-state index contributed by atoms with van der Waals surface area (Å²) in [7, 11) is 1.56. The molecule has 0 aromatic rings. The molecule has 0 aliphatic carbocycles. The first-order valence-corrected chi connectivity index (χ1v) is 36.8. The van der Waals surface area contributed by atoms with Crippen LogP contribution in [-0.4, -0.2) is 73.4 Å². The van der Waals surface area contributed by atoms with Crippen LogP contribution >= 0.6 is 7.82 Å². The standard InChI is InChI=1S/C73H137N2O6P/c1-6-8-10-12-14-16-18-20-22-24-26-28-30-32-34-36-37-39-41-43-45-47-49-51-53-55-57-59-61-63-65-67-73(77)74-71(70-81-82(78,79)80-69-68-75(3,4)5)72(76)66-64-62-60-58-56-54-52-50-48-46-44-42-40-38-35-33-31-29-27-25-23-21-19-17-15-13-11-9-7-2/h8,10,14,16,20,22,26,28,56,58,64,66,71-72,76H,6-7,9,11-13,15,17-19,21,23-25,27,29-55,57,59-63,65,67-70H2,1-5H3,(H-,74,77,78,79)/p+1/b10-8-,16-14-,22-20-,28-26-,58-56+,66-64+. The molecule has 0 aromatic heterocycles. The lowest BCUT2D eigenvalue weighted by molar-refractivity contribution is -0.870. The number of phosphoric ester groups is 1. The third-order valence-electron chi connectivity index (χ3n) is 15.9. The quantitative estimate of drug-likeness (QED) is 0.0243. The molecular weight excluding hydrogens is 1030 g/mol. The van der Waals surface area contributed by atoms with Gasteiger partial charge in [0, 0.05) is 6.42 Å². The molecule has 0 saturated heterocycles. The molecule has 8 nitrogen and oxygen atoms in total. The highest BCUT2D eigenvalue weighted by atomic mass is 31.2. The molecular formula is C73H138N2O6P+. The molecule has 0 aliphatic rings. The van der Waals surface area contributed by atoms with Crippen LogP contribution in [0, 0.1) is 0 Å². The molecule has 0 aromatic carbocycles. The van der Waals surface area contributed by atoms with Crippen LogP contribution in [0.4, 0.5) is 0 Å². The Bertz CT molecular complexity index is 1570. The van der Waals surface area contributed by atoms with Gasteiger partial charge in [-0.2, -0.15) is 0 Å². The van der Waals surface area contributed by atoms with Crippen LogP contribution in [0.1, 0.15) is 335 Å². The Kier molecular flexibility index (Phi) is 61.8. The van der Waals surface area contributed by atoms with Crippen LogP contribution in [0.3, 0.4) is 0 Å². The molecule has 0 heterocycles. The number of unbranched alkanes of at least 4 members (excludes halogenated alkanes) is 42. The molecule has 0 spiro atoms. The summed E-state index contributed by atoms with van der Waals surface area (Å²) >= 11 is 0. The monoisotopic (exact) mass is 1170 g/mol. The molecule has 82 heavy (non-hydrogen) atoms. The molecule has 0 saturated carbocycles. The van der Waals surface area contributed by atoms with Gasteiger partial charge in [0.2, 0.25) is 5.91 Å². The number of quaternary nitrogens is 1. The number of nitrogens with one attached hydrogen (secondary N) is 1. The first kappa shape index (κ1) is 79.9.